The maximum Gasteiger partial charge on any atom is 0.256 e. The van der Waals surface area contributed by atoms with Crippen molar-refractivity contribution in [3.63, 3.8) is 0 Å². The van der Waals surface area contributed by atoms with Crippen molar-refractivity contribution in [2.75, 3.05) is 44.2 Å². The summed E-state index contributed by atoms with van der Waals surface area (Å²) in [5, 5.41) is 0. The molecule has 2 amide bonds. The van der Waals surface area contributed by atoms with Crippen LogP contribution in [0.3, 0.4) is 0 Å². The molecule has 3 heterocycles. The number of anilines is 1. The minimum atomic E-state index is -1.17. The maximum atomic E-state index is 14.3. The Balaban J connectivity index is 1.36. The van der Waals surface area contributed by atoms with E-state index in [0.29, 0.717) is 50.5 Å². The molecule has 2 atom stereocenters. The molecule has 7 heteroatoms. The number of halogens is 1. The zero-order valence-electron chi connectivity index (χ0n) is 19.3. The van der Waals surface area contributed by atoms with E-state index in [1.165, 1.54) is 12.1 Å². The van der Waals surface area contributed by atoms with Gasteiger partial charge in [0, 0.05) is 49.5 Å². The van der Waals surface area contributed by atoms with Crippen molar-refractivity contribution in [1.29, 1.82) is 0 Å². The summed E-state index contributed by atoms with van der Waals surface area (Å²) >= 11 is 0. The number of nitrogens with zero attached hydrogens (tertiary/aromatic N) is 3. The summed E-state index contributed by atoms with van der Waals surface area (Å²) in [6.07, 6.45) is 0. The molecule has 0 unspecified atom stereocenters. The molecule has 0 radical (unpaired) electrons. The van der Waals surface area contributed by atoms with Crippen LogP contribution < -0.4 is 4.90 Å². The summed E-state index contributed by atoms with van der Waals surface area (Å²) in [6, 6.07) is 23.5. The number of carbonyl (C=O) groups excluding carboxylic acids is 2. The highest BCUT2D eigenvalue weighted by atomic mass is 19.1. The number of ether oxygens (including phenoxy) is 1. The zero-order valence-corrected chi connectivity index (χ0v) is 19.3. The van der Waals surface area contributed by atoms with Crippen LogP contribution in [0.2, 0.25) is 0 Å². The first-order valence-electron chi connectivity index (χ1n) is 12.0. The highest BCUT2D eigenvalue weighted by Gasteiger charge is 2.60. The first-order valence-corrected chi connectivity index (χ1v) is 12.0. The van der Waals surface area contributed by atoms with Crippen LogP contribution in [0.15, 0.2) is 78.9 Å². The van der Waals surface area contributed by atoms with E-state index in [-0.39, 0.29) is 17.6 Å². The Morgan fingerprint density at radius 2 is 1.54 bits per heavy atom. The second-order valence-corrected chi connectivity index (χ2v) is 9.18. The molecule has 0 aromatic heterocycles. The molecule has 3 aliphatic rings. The monoisotopic (exact) mass is 471 g/mol. The Hall–Kier alpha value is -3.71. The highest BCUT2D eigenvalue weighted by molar-refractivity contribution is 6.02. The van der Waals surface area contributed by atoms with Gasteiger partial charge in [0.05, 0.1) is 6.61 Å². The van der Waals surface area contributed by atoms with Crippen molar-refractivity contribution < 1.29 is 18.7 Å². The van der Waals surface area contributed by atoms with Crippen molar-refractivity contribution in [2.24, 2.45) is 0 Å². The van der Waals surface area contributed by atoms with Crippen LogP contribution in [0, 0.1) is 5.82 Å². The minimum absolute atomic E-state index is 0.0422. The molecule has 3 aliphatic heterocycles. The number of rotatable bonds is 3. The van der Waals surface area contributed by atoms with Crippen LogP contribution in [0.4, 0.5) is 10.1 Å². The third-order valence-electron chi connectivity index (χ3n) is 7.39. The number of benzene rings is 3. The van der Waals surface area contributed by atoms with Gasteiger partial charge in [-0.05, 0) is 35.9 Å². The molecule has 3 aromatic rings. The van der Waals surface area contributed by atoms with Gasteiger partial charge in [0.15, 0.2) is 5.72 Å². The molecule has 0 aliphatic carbocycles. The van der Waals surface area contributed by atoms with Crippen LogP contribution in [0.5, 0.6) is 0 Å². The summed E-state index contributed by atoms with van der Waals surface area (Å²) in [5.41, 5.74) is 1.86. The van der Waals surface area contributed by atoms with Gasteiger partial charge >= 0.3 is 0 Å². The molecule has 178 valence electrons. The molecular formula is C28H26FN3O3. The molecule has 3 aromatic carbocycles. The number of carbonyl (C=O) groups is 2. The fourth-order valence-electron chi connectivity index (χ4n) is 5.73. The van der Waals surface area contributed by atoms with Crippen LogP contribution >= 0.6 is 0 Å². The number of amides is 2. The summed E-state index contributed by atoms with van der Waals surface area (Å²) in [6.45, 7) is 3.17. The van der Waals surface area contributed by atoms with Crippen molar-refractivity contribution in [3.8, 4) is 0 Å². The molecule has 0 saturated carbocycles. The fraction of sp³-hybridized carbons (Fsp3) is 0.286. The van der Waals surface area contributed by atoms with Crippen molar-refractivity contribution >= 4 is 17.5 Å². The van der Waals surface area contributed by atoms with Crippen molar-refractivity contribution in [3.05, 3.63) is 101 Å². The molecule has 2 saturated heterocycles. The molecular weight excluding hydrogens is 445 g/mol. The predicted octanol–water partition coefficient (Wildman–Crippen LogP) is 3.60. The average Bonchev–Trinajstić information content (AvgIpc) is 3.36. The Kier molecular flexibility index (Phi) is 5.29. The van der Waals surface area contributed by atoms with Crippen LogP contribution in [0.1, 0.15) is 27.4 Å². The number of piperazine rings is 1. The quantitative estimate of drug-likeness (QED) is 0.586. The fourth-order valence-corrected chi connectivity index (χ4v) is 5.73. The summed E-state index contributed by atoms with van der Waals surface area (Å²) in [5.74, 6) is -1.08. The van der Waals surface area contributed by atoms with E-state index in [1.807, 2.05) is 53.4 Å². The third-order valence-corrected chi connectivity index (χ3v) is 7.39. The van der Waals surface area contributed by atoms with Gasteiger partial charge in [-0.3, -0.25) is 9.59 Å². The Morgan fingerprint density at radius 1 is 0.857 bits per heavy atom. The molecule has 35 heavy (non-hydrogen) atoms. The Morgan fingerprint density at radius 3 is 2.29 bits per heavy atom. The maximum absolute atomic E-state index is 14.3. The molecule has 0 bridgehead atoms. The van der Waals surface area contributed by atoms with E-state index in [2.05, 4.69) is 4.90 Å². The SMILES string of the molecule is O=C([C@@H]1c2ccccc2C(=O)N2CCO[C@]12c1ccccc1)N1CCN(c2ccc(F)cc2)CC1. The van der Waals surface area contributed by atoms with Gasteiger partial charge in [-0.25, -0.2) is 4.39 Å². The van der Waals surface area contributed by atoms with Gasteiger partial charge in [-0.2, -0.15) is 0 Å². The zero-order chi connectivity index (χ0) is 24.0. The molecule has 6 nitrogen and oxygen atoms in total. The molecule has 2 fully saturated rings. The second kappa shape index (κ2) is 8.50. The number of fused-ring (bicyclic) bond motifs is 2. The van der Waals surface area contributed by atoms with Gasteiger partial charge in [-0.1, -0.05) is 48.5 Å². The molecule has 0 N–H and O–H groups in total. The van der Waals surface area contributed by atoms with Gasteiger partial charge in [0.25, 0.3) is 5.91 Å². The molecule has 0 spiro atoms. The van der Waals surface area contributed by atoms with Gasteiger partial charge < -0.3 is 19.4 Å². The first-order chi connectivity index (χ1) is 17.1. The van der Waals surface area contributed by atoms with E-state index >= 15 is 0 Å². The summed E-state index contributed by atoms with van der Waals surface area (Å²) in [7, 11) is 0. The number of hydrogen-bond acceptors (Lipinski definition) is 4. The minimum Gasteiger partial charge on any atom is -0.368 e. The highest BCUT2D eigenvalue weighted by Crippen LogP contribution is 2.51. The lowest BCUT2D eigenvalue weighted by Gasteiger charge is -2.48. The van der Waals surface area contributed by atoms with Crippen LogP contribution in [-0.2, 0) is 15.3 Å². The third kappa shape index (κ3) is 3.41. The lowest BCUT2D eigenvalue weighted by molar-refractivity contribution is -0.152. The van der Waals surface area contributed by atoms with Crippen molar-refractivity contribution in [1.82, 2.24) is 9.80 Å². The molecule has 6 rings (SSSR count). The summed E-state index contributed by atoms with van der Waals surface area (Å²) < 4.78 is 19.7. The van der Waals surface area contributed by atoms with E-state index in [4.69, 9.17) is 4.74 Å². The lowest BCUT2D eigenvalue weighted by Crippen LogP contribution is -2.59. The van der Waals surface area contributed by atoms with Crippen LogP contribution in [0.25, 0.3) is 0 Å². The van der Waals surface area contributed by atoms with E-state index in [0.717, 1.165) is 11.3 Å². The summed E-state index contributed by atoms with van der Waals surface area (Å²) in [4.78, 5) is 33.6. The smallest absolute Gasteiger partial charge is 0.256 e. The normalized spacial score (nSPS) is 23.7. The standard InChI is InChI=1S/C28H26FN3O3/c29-21-10-12-22(13-11-21)30-14-16-31(17-15-30)27(34)25-23-8-4-5-9-24(23)26(33)32-18-19-35-28(25,32)20-6-2-1-3-7-20/h1-13,25H,14-19H2/t25-,28+/m0/s1. The number of hydrogen-bond donors (Lipinski definition) is 0. The van der Waals surface area contributed by atoms with E-state index in [1.54, 1.807) is 23.1 Å². The van der Waals surface area contributed by atoms with Crippen LogP contribution in [-0.4, -0.2) is 60.9 Å². The average molecular weight is 472 g/mol. The second-order valence-electron chi connectivity index (χ2n) is 9.18. The largest absolute Gasteiger partial charge is 0.368 e. The van der Waals surface area contributed by atoms with Gasteiger partial charge in [0.1, 0.15) is 11.7 Å². The van der Waals surface area contributed by atoms with Gasteiger partial charge in [0.2, 0.25) is 5.91 Å². The Bertz CT molecular complexity index is 1260. The first kappa shape index (κ1) is 21.8. The van der Waals surface area contributed by atoms with E-state index in [9.17, 15) is 14.0 Å². The van der Waals surface area contributed by atoms with E-state index < -0.39 is 11.6 Å². The predicted molar refractivity (Wildman–Crippen MR) is 129 cm³/mol. The van der Waals surface area contributed by atoms with Crippen molar-refractivity contribution in [2.45, 2.75) is 11.6 Å². The lowest BCUT2D eigenvalue weighted by atomic mass is 9.76. The van der Waals surface area contributed by atoms with Gasteiger partial charge in [-0.15, -0.1) is 0 Å². The topological polar surface area (TPSA) is 53.1 Å². The Labute approximate surface area is 203 Å².